The molecule has 0 spiro atoms. The maximum Gasteiger partial charge on any atom is 0.409 e. The Morgan fingerprint density at radius 2 is 1.88 bits per heavy atom. The Balaban J connectivity index is 1.46. The molecular weight excluding hydrogens is 455 g/mol. The first-order chi connectivity index (χ1) is 16.5. The van der Waals surface area contributed by atoms with E-state index in [1.54, 1.807) is 17.0 Å². The molecule has 2 aromatic carbocycles. The zero-order valence-electron chi connectivity index (χ0n) is 19.4. The first-order valence-electron chi connectivity index (χ1n) is 11.8. The van der Waals surface area contributed by atoms with Crippen molar-refractivity contribution >= 4 is 40.1 Å². The third kappa shape index (κ3) is 6.08. The molecule has 0 atom stereocenters. The molecule has 6 nitrogen and oxygen atoms in total. The predicted molar refractivity (Wildman–Crippen MR) is 135 cm³/mol. The number of hydrogen-bond donors (Lipinski definition) is 1. The Morgan fingerprint density at radius 1 is 1.12 bits per heavy atom. The van der Waals surface area contributed by atoms with Gasteiger partial charge in [0.15, 0.2) is 0 Å². The molecule has 1 aliphatic heterocycles. The highest BCUT2D eigenvalue weighted by molar-refractivity contribution is 6.31. The average molecular weight is 485 g/mol. The fourth-order valence-electron chi connectivity index (χ4n) is 4.05. The van der Waals surface area contributed by atoms with Crippen molar-refractivity contribution in [2.75, 3.05) is 49.5 Å². The van der Waals surface area contributed by atoms with E-state index in [0.717, 1.165) is 47.2 Å². The number of nitrogens with zero attached hydrogens (tertiary/aromatic N) is 3. The van der Waals surface area contributed by atoms with E-state index in [0.29, 0.717) is 44.4 Å². The number of carbonyl (C=O) groups excluding carboxylic acids is 1. The van der Waals surface area contributed by atoms with E-state index in [2.05, 4.69) is 23.2 Å². The summed E-state index contributed by atoms with van der Waals surface area (Å²) in [6, 6.07) is 14.3. The lowest BCUT2D eigenvalue weighted by Crippen LogP contribution is -2.49. The highest BCUT2D eigenvalue weighted by Crippen LogP contribution is 2.31. The lowest BCUT2D eigenvalue weighted by atomic mass is 10.1. The quantitative estimate of drug-likeness (QED) is 0.413. The van der Waals surface area contributed by atoms with E-state index in [1.165, 1.54) is 12.1 Å². The number of anilines is 2. The fraction of sp³-hybridized carbons (Fsp3) is 0.385. The highest BCUT2D eigenvalue weighted by atomic mass is 35.5. The van der Waals surface area contributed by atoms with Gasteiger partial charge in [-0.05, 0) is 48.7 Å². The molecule has 1 saturated heterocycles. The molecule has 0 radical (unpaired) electrons. The fourth-order valence-corrected chi connectivity index (χ4v) is 4.21. The molecule has 0 unspecified atom stereocenters. The van der Waals surface area contributed by atoms with Crippen LogP contribution in [0.25, 0.3) is 10.9 Å². The van der Waals surface area contributed by atoms with Crippen LogP contribution in [0.2, 0.25) is 5.02 Å². The van der Waals surface area contributed by atoms with Gasteiger partial charge in [0.2, 0.25) is 0 Å². The molecule has 1 amide bonds. The predicted octanol–water partition coefficient (Wildman–Crippen LogP) is 5.74. The summed E-state index contributed by atoms with van der Waals surface area (Å²) in [6.07, 6.45) is 2.40. The van der Waals surface area contributed by atoms with Gasteiger partial charge in [0.05, 0.1) is 12.1 Å². The first kappa shape index (κ1) is 24.1. The lowest BCUT2D eigenvalue weighted by Gasteiger charge is -2.36. The SMILES string of the molecule is CCCCOC(=O)N1CCN(c2cc(NCCc3ccc(F)cc3)nc3cc(Cl)ccc23)CC1. The summed E-state index contributed by atoms with van der Waals surface area (Å²) in [4.78, 5) is 21.1. The summed E-state index contributed by atoms with van der Waals surface area (Å²) in [5.41, 5.74) is 2.93. The van der Waals surface area contributed by atoms with E-state index in [-0.39, 0.29) is 11.9 Å². The Hall–Kier alpha value is -3.06. The van der Waals surface area contributed by atoms with Gasteiger partial charge >= 0.3 is 6.09 Å². The number of hydrogen-bond acceptors (Lipinski definition) is 5. The number of aromatic nitrogens is 1. The Kier molecular flexibility index (Phi) is 8.06. The second-order valence-corrected chi connectivity index (χ2v) is 8.87. The van der Waals surface area contributed by atoms with E-state index < -0.39 is 0 Å². The van der Waals surface area contributed by atoms with Crippen LogP contribution in [0, 0.1) is 5.82 Å². The second kappa shape index (κ2) is 11.4. The number of pyridine rings is 1. The van der Waals surface area contributed by atoms with E-state index in [1.807, 2.05) is 18.2 Å². The van der Waals surface area contributed by atoms with Crippen LogP contribution in [0.4, 0.5) is 20.7 Å². The van der Waals surface area contributed by atoms with Crippen LogP contribution >= 0.6 is 11.6 Å². The molecule has 0 bridgehead atoms. The number of ether oxygens (including phenoxy) is 1. The van der Waals surface area contributed by atoms with Gasteiger partial charge in [0.25, 0.3) is 0 Å². The summed E-state index contributed by atoms with van der Waals surface area (Å²) in [5, 5.41) is 5.05. The molecule has 0 aliphatic carbocycles. The number of amides is 1. The minimum atomic E-state index is -0.234. The molecule has 8 heteroatoms. The van der Waals surface area contributed by atoms with Gasteiger partial charge in [-0.2, -0.15) is 0 Å². The topological polar surface area (TPSA) is 57.7 Å². The van der Waals surface area contributed by atoms with Crippen LogP contribution in [0.15, 0.2) is 48.5 Å². The van der Waals surface area contributed by atoms with Crippen LogP contribution in [0.3, 0.4) is 0 Å². The number of nitrogens with one attached hydrogen (secondary N) is 1. The van der Waals surface area contributed by atoms with Crippen LogP contribution in [0.1, 0.15) is 25.3 Å². The molecule has 1 aliphatic rings. The molecule has 4 rings (SSSR count). The Bertz CT molecular complexity index is 1120. The number of carbonyl (C=O) groups is 1. The third-order valence-corrected chi connectivity index (χ3v) is 6.22. The Labute approximate surface area is 204 Å². The molecule has 1 N–H and O–H groups in total. The average Bonchev–Trinajstić information content (AvgIpc) is 2.85. The van der Waals surface area contributed by atoms with Crippen LogP contribution in [0.5, 0.6) is 0 Å². The van der Waals surface area contributed by atoms with Crippen molar-refractivity contribution in [2.45, 2.75) is 26.2 Å². The largest absolute Gasteiger partial charge is 0.449 e. The standard InChI is InChI=1S/C26H30ClFN4O2/c1-2-3-16-34-26(33)32-14-12-31(13-15-32)24-18-25(30-23-17-20(27)6-9-22(23)24)29-11-10-19-4-7-21(28)8-5-19/h4-9,17-18H,2-3,10-16H2,1H3,(H,29,30). The van der Waals surface area contributed by atoms with E-state index >= 15 is 0 Å². The molecule has 3 aromatic rings. The van der Waals surface area contributed by atoms with E-state index in [4.69, 9.17) is 21.3 Å². The molecule has 2 heterocycles. The summed E-state index contributed by atoms with van der Waals surface area (Å²) in [6.45, 7) is 5.84. The van der Waals surface area contributed by atoms with Gasteiger partial charge in [-0.15, -0.1) is 0 Å². The Morgan fingerprint density at radius 3 is 2.62 bits per heavy atom. The van der Waals surface area contributed by atoms with Gasteiger partial charge < -0.3 is 19.9 Å². The first-order valence-corrected chi connectivity index (χ1v) is 12.2. The van der Waals surface area contributed by atoms with Crippen molar-refractivity contribution in [1.29, 1.82) is 0 Å². The molecule has 1 aromatic heterocycles. The zero-order valence-corrected chi connectivity index (χ0v) is 20.2. The van der Waals surface area contributed by atoms with Crippen LogP contribution < -0.4 is 10.2 Å². The van der Waals surface area contributed by atoms with Gasteiger partial charge in [0, 0.05) is 54.9 Å². The van der Waals surface area contributed by atoms with Gasteiger partial charge in [0.1, 0.15) is 11.6 Å². The molecular formula is C26H30ClFN4O2. The van der Waals surface area contributed by atoms with Gasteiger partial charge in [-0.3, -0.25) is 0 Å². The molecule has 1 fully saturated rings. The van der Waals surface area contributed by atoms with Crippen LogP contribution in [-0.4, -0.2) is 55.3 Å². The van der Waals surface area contributed by atoms with Crippen molar-refractivity contribution in [3.05, 3.63) is 64.9 Å². The van der Waals surface area contributed by atoms with Crippen molar-refractivity contribution in [3.8, 4) is 0 Å². The number of unbranched alkanes of at least 4 members (excludes halogenated alkanes) is 1. The molecule has 180 valence electrons. The number of halogens is 2. The van der Waals surface area contributed by atoms with Crippen molar-refractivity contribution in [3.63, 3.8) is 0 Å². The minimum Gasteiger partial charge on any atom is -0.449 e. The second-order valence-electron chi connectivity index (χ2n) is 8.43. The smallest absolute Gasteiger partial charge is 0.409 e. The monoisotopic (exact) mass is 484 g/mol. The summed E-state index contributed by atoms with van der Waals surface area (Å²) < 4.78 is 18.5. The number of benzene rings is 2. The number of piperazine rings is 1. The summed E-state index contributed by atoms with van der Waals surface area (Å²) >= 11 is 6.25. The van der Waals surface area contributed by atoms with Gasteiger partial charge in [-0.25, -0.2) is 14.2 Å². The third-order valence-electron chi connectivity index (χ3n) is 5.99. The maximum atomic E-state index is 13.1. The van der Waals surface area contributed by atoms with Crippen LogP contribution in [-0.2, 0) is 11.2 Å². The van der Waals surface area contributed by atoms with Gasteiger partial charge in [-0.1, -0.05) is 37.1 Å². The normalized spacial score (nSPS) is 13.9. The van der Waals surface area contributed by atoms with Crippen molar-refractivity contribution in [2.24, 2.45) is 0 Å². The molecule has 0 saturated carbocycles. The molecule has 34 heavy (non-hydrogen) atoms. The number of fused-ring (bicyclic) bond motifs is 1. The van der Waals surface area contributed by atoms with Crippen molar-refractivity contribution in [1.82, 2.24) is 9.88 Å². The number of rotatable bonds is 8. The highest BCUT2D eigenvalue weighted by Gasteiger charge is 2.24. The lowest BCUT2D eigenvalue weighted by molar-refractivity contribution is 0.0990. The summed E-state index contributed by atoms with van der Waals surface area (Å²) in [5.74, 6) is 0.525. The van der Waals surface area contributed by atoms with Crippen molar-refractivity contribution < 1.29 is 13.9 Å². The van der Waals surface area contributed by atoms with E-state index in [9.17, 15) is 9.18 Å². The maximum absolute atomic E-state index is 13.1. The minimum absolute atomic E-state index is 0.233. The summed E-state index contributed by atoms with van der Waals surface area (Å²) in [7, 11) is 0. The zero-order chi connectivity index (χ0) is 23.9.